The third-order valence-corrected chi connectivity index (χ3v) is 3.20. The van der Waals surface area contributed by atoms with Gasteiger partial charge in [-0.1, -0.05) is 6.07 Å². The van der Waals surface area contributed by atoms with Crippen molar-refractivity contribution in [2.75, 3.05) is 0 Å². The third kappa shape index (κ3) is 2.62. The third-order valence-electron chi connectivity index (χ3n) is 3.20. The van der Waals surface area contributed by atoms with Gasteiger partial charge in [0.05, 0.1) is 16.1 Å². The van der Waals surface area contributed by atoms with Crippen molar-refractivity contribution in [2.45, 2.75) is 0 Å². The van der Waals surface area contributed by atoms with E-state index in [1.807, 2.05) is 0 Å². The van der Waals surface area contributed by atoms with Gasteiger partial charge in [-0.2, -0.15) is 0 Å². The number of aromatic nitrogens is 2. The minimum absolute atomic E-state index is 0.0401. The van der Waals surface area contributed by atoms with E-state index in [4.69, 9.17) is 0 Å². The minimum Gasteiger partial charge on any atom is -0.501 e. The van der Waals surface area contributed by atoms with E-state index >= 15 is 0 Å². The number of hydrogen-bond donors (Lipinski definition) is 1. The van der Waals surface area contributed by atoms with Crippen LogP contribution < -0.4 is 0 Å². The van der Waals surface area contributed by atoms with Crippen LogP contribution in [0.5, 0.6) is 5.75 Å². The summed E-state index contributed by atoms with van der Waals surface area (Å²) in [5.41, 5.74) is 1.31. The molecule has 1 aromatic carbocycles. The van der Waals surface area contributed by atoms with Gasteiger partial charge in [-0.25, -0.2) is 4.98 Å². The van der Waals surface area contributed by atoms with E-state index in [9.17, 15) is 25.3 Å². The van der Waals surface area contributed by atoms with Gasteiger partial charge in [-0.05, 0) is 22.0 Å². The number of nitrogens with zero attached hydrogens (tertiary/aromatic N) is 4. The summed E-state index contributed by atoms with van der Waals surface area (Å²) < 4.78 is 0. The average molecular weight is 312 g/mol. The fourth-order valence-electron chi connectivity index (χ4n) is 2.11. The lowest BCUT2D eigenvalue weighted by molar-refractivity contribution is -0.390. The molecule has 2 heterocycles. The fraction of sp³-hybridized carbons (Fsp3) is 0. The van der Waals surface area contributed by atoms with E-state index in [1.165, 1.54) is 30.5 Å². The summed E-state index contributed by atoms with van der Waals surface area (Å²) in [5, 5.41) is 31.6. The normalized spacial score (nSPS) is 10.6. The van der Waals surface area contributed by atoms with Crippen molar-refractivity contribution in [2.24, 2.45) is 0 Å². The van der Waals surface area contributed by atoms with Crippen LogP contribution >= 0.6 is 0 Å². The molecule has 1 N–H and O–H groups in total. The van der Waals surface area contributed by atoms with Gasteiger partial charge in [0.15, 0.2) is 0 Å². The van der Waals surface area contributed by atoms with Crippen LogP contribution in [0.25, 0.3) is 22.2 Å². The Morgan fingerprint density at radius 1 is 1.00 bits per heavy atom. The minimum atomic E-state index is -0.786. The lowest BCUT2D eigenvalue weighted by Crippen LogP contribution is -1.94. The van der Waals surface area contributed by atoms with E-state index in [0.29, 0.717) is 22.2 Å². The van der Waals surface area contributed by atoms with Gasteiger partial charge in [0.2, 0.25) is 5.75 Å². The van der Waals surface area contributed by atoms with Gasteiger partial charge in [-0.15, -0.1) is 0 Å². The Kier molecular flexibility index (Phi) is 3.30. The first-order chi connectivity index (χ1) is 11.0. The number of nitro benzene ring substituents is 1. The van der Waals surface area contributed by atoms with E-state index in [-0.39, 0.29) is 5.69 Å². The van der Waals surface area contributed by atoms with Crippen molar-refractivity contribution in [1.29, 1.82) is 0 Å². The van der Waals surface area contributed by atoms with Gasteiger partial charge in [0.1, 0.15) is 6.20 Å². The summed E-state index contributed by atoms with van der Waals surface area (Å²) >= 11 is 0. The zero-order valence-corrected chi connectivity index (χ0v) is 11.4. The number of non-ortho nitro benzene ring substituents is 1. The molecule has 0 radical (unpaired) electrons. The summed E-state index contributed by atoms with van der Waals surface area (Å²) in [6, 6.07) is 8.68. The first-order valence-electron chi connectivity index (χ1n) is 6.34. The molecule has 0 unspecified atom stereocenters. The Balaban J connectivity index is 2.07. The van der Waals surface area contributed by atoms with Crippen LogP contribution in [-0.4, -0.2) is 24.9 Å². The first kappa shape index (κ1) is 14.3. The summed E-state index contributed by atoms with van der Waals surface area (Å²) in [6.07, 6.45) is 1.23. The summed E-state index contributed by atoms with van der Waals surface area (Å²) in [7, 11) is 0. The molecule has 3 aromatic rings. The average Bonchev–Trinajstić information content (AvgIpc) is 2.53. The topological polar surface area (TPSA) is 132 Å². The molecule has 9 nitrogen and oxygen atoms in total. The Hall–Kier alpha value is -3.62. The highest BCUT2D eigenvalue weighted by Gasteiger charge is 2.17. The van der Waals surface area contributed by atoms with Gasteiger partial charge < -0.3 is 15.2 Å². The number of rotatable bonds is 3. The molecular formula is C14H8N4O5. The molecule has 0 aliphatic carbocycles. The predicted octanol–water partition coefficient (Wildman–Crippen LogP) is 2.82. The van der Waals surface area contributed by atoms with Gasteiger partial charge >= 0.3 is 5.82 Å². The molecule has 0 fully saturated rings. The molecule has 0 spiro atoms. The van der Waals surface area contributed by atoms with Crippen molar-refractivity contribution in [3.63, 3.8) is 0 Å². The number of nitro groups is 2. The summed E-state index contributed by atoms with van der Waals surface area (Å²) in [6.45, 7) is 0. The van der Waals surface area contributed by atoms with Crippen LogP contribution in [0, 0.1) is 20.2 Å². The van der Waals surface area contributed by atoms with E-state index in [0.717, 1.165) is 0 Å². The molecule has 114 valence electrons. The van der Waals surface area contributed by atoms with Crippen LogP contribution in [0.3, 0.4) is 0 Å². The van der Waals surface area contributed by atoms with Gasteiger partial charge in [-0.3, -0.25) is 10.1 Å². The molecule has 2 aromatic heterocycles. The molecule has 0 saturated carbocycles. The lowest BCUT2D eigenvalue weighted by atomic mass is 10.1. The Morgan fingerprint density at radius 3 is 2.43 bits per heavy atom. The SMILES string of the molecule is O=[N+]([O-])c1ccc2nc(-c3cnc([N+](=O)[O-])c(O)c3)ccc2c1. The van der Waals surface area contributed by atoms with Crippen molar-refractivity contribution >= 4 is 22.4 Å². The monoisotopic (exact) mass is 312 g/mol. The largest absolute Gasteiger partial charge is 0.501 e. The fourth-order valence-corrected chi connectivity index (χ4v) is 2.11. The maximum Gasteiger partial charge on any atom is 0.405 e. The van der Waals surface area contributed by atoms with Crippen molar-refractivity contribution in [3.8, 4) is 17.0 Å². The highest BCUT2D eigenvalue weighted by molar-refractivity contribution is 5.83. The highest BCUT2D eigenvalue weighted by atomic mass is 16.6. The number of aromatic hydroxyl groups is 1. The number of hydrogen-bond acceptors (Lipinski definition) is 7. The first-order valence-corrected chi connectivity index (χ1v) is 6.34. The van der Waals surface area contributed by atoms with Crippen molar-refractivity contribution in [1.82, 2.24) is 9.97 Å². The quantitative estimate of drug-likeness (QED) is 0.580. The summed E-state index contributed by atoms with van der Waals surface area (Å²) in [4.78, 5) is 28.0. The standard InChI is InChI=1S/C14H8N4O5/c19-13-6-9(7-15-14(13)18(22)23)12-3-1-8-5-10(17(20)21)2-4-11(8)16-12/h1-7,19H. The molecule has 23 heavy (non-hydrogen) atoms. The number of pyridine rings is 2. The Morgan fingerprint density at radius 2 is 1.78 bits per heavy atom. The maximum absolute atomic E-state index is 10.8. The summed E-state index contributed by atoms with van der Waals surface area (Å²) in [5.74, 6) is -1.19. The Bertz CT molecular complexity index is 957. The van der Waals surface area contributed by atoms with Crippen molar-refractivity contribution < 1.29 is 15.0 Å². The molecule has 3 rings (SSSR count). The molecule has 0 saturated heterocycles. The van der Waals surface area contributed by atoms with E-state index in [2.05, 4.69) is 9.97 Å². The molecule has 0 aliphatic heterocycles. The lowest BCUT2D eigenvalue weighted by Gasteiger charge is -2.03. The smallest absolute Gasteiger partial charge is 0.405 e. The molecule has 0 atom stereocenters. The molecule has 0 bridgehead atoms. The number of benzene rings is 1. The molecule has 9 heteroatoms. The molecule has 0 aliphatic rings. The zero-order chi connectivity index (χ0) is 16.6. The maximum atomic E-state index is 10.8. The molecule has 0 amide bonds. The Labute approximate surface area is 128 Å². The predicted molar refractivity (Wildman–Crippen MR) is 79.9 cm³/mol. The highest BCUT2D eigenvalue weighted by Crippen LogP contribution is 2.29. The van der Waals surface area contributed by atoms with Gasteiger partial charge in [0, 0.05) is 29.1 Å². The second kappa shape index (κ2) is 5.30. The zero-order valence-electron chi connectivity index (χ0n) is 11.4. The molecular weight excluding hydrogens is 304 g/mol. The van der Waals surface area contributed by atoms with Crippen LogP contribution in [-0.2, 0) is 0 Å². The van der Waals surface area contributed by atoms with Gasteiger partial charge in [0.25, 0.3) is 5.69 Å². The van der Waals surface area contributed by atoms with E-state index in [1.54, 1.807) is 12.1 Å². The number of fused-ring (bicyclic) bond motifs is 1. The van der Waals surface area contributed by atoms with Crippen LogP contribution in [0.2, 0.25) is 0 Å². The van der Waals surface area contributed by atoms with Crippen LogP contribution in [0.1, 0.15) is 0 Å². The second-order valence-electron chi connectivity index (χ2n) is 4.65. The van der Waals surface area contributed by atoms with E-state index < -0.39 is 21.4 Å². The van der Waals surface area contributed by atoms with Crippen LogP contribution in [0.15, 0.2) is 42.6 Å². The second-order valence-corrected chi connectivity index (χ2v) is 4.65. The van der Waals surface area contributed by atoms with Crippen molar-refractivity contribution in [3.05, 3.63) is 62.8 Å². The van der Waals surface area contributed by atoms with Crippen LogP contribution in [0.4, 0.5) is 11.5 Å².